The second-order valence-corrected chi connectivity index (χ2v) is 14.0. The highest BCUT2D eigenvalue weighted by Crippen LogP contribution is 2.40. The van der Waals surface area contributed by atoms with Gasteiger partial charge in [0.2, 0.25) is 5.88 Å². The maximum atomic E-state index is 6.35. The average Bonchev–Trinajstić information content (AvgIpc) is 3.77. The lowest BCUT2D eigenvalue weighted by atomic mass is 9.86. The van der Waals surface area contributed by atoms with E-state index in [4.69, 9.17) is 4.74 Å². The Balaban J connectivity index is 1.21. The summed E-state index contributed by atoms with van der Waals surface area (Å²) in [5.74, 6) is 2.49. The Labute approximate surface area is 285 Å². The van der Waals surface area contributed by atoms with Gasteiger partial charge >= 0.3 is 0 Å². The number of benzene rings is 5. The number of hydrogen-bond donors (Lipinski definition) is 0. The highest BCUT2D eigenvalue weighted by molar-refractivity contribution is 6.11. The molecule has 0 saturated carbocycles. The molecule has 6 nitrogen and oxygen atoms in total. The molecule has 0 spiro atoms. The van der Waals surface area contributed by atoms with Crippen molar-refractivity contribution in [2.45, 2.75) is 26.2 Å². The summed E-state index contributed by atoms with van der Waals surface area (Å²) in [6, 6.07) is 45.2. The summed E-state index contributed by atoms with van der Waals surface area (Å²) in [6.07, 6.45) is 4.04. The largest absolute Gasteiger partial charge is 0.439 e. The van der Waals surface area contributed by atoms with Crippen molar-refractivity contribution in [3.63, 3.8) is 0 Å². The van der Waals surface area contributed by atoms with Crippen LogP contribution in [0, 0.1) is 0 Å². The zero-order chi connectivity index (χ0) is 33.3. The van der Waals surface area contributed by atoms with Gasteiger partial charge in [-0.1, -0.05) is 87.5 Å². The Morgan fingerprint density at radius 3 is 1.84 bits per heavy atom. The van der Waals surface area contributed by atoms with Gasteiger partial charge in [0.25, 0.3) is 0 Å². The molecule has 0 unspecified atom stereocenters. The Hall–Kier alpha value is -6.01. The molecule has 0 N–H and O–H groups in total. The summed E-state index contributed by atoms with van der Waals surface area (Å²) in [5.41, 5.74) is 8.02. The van der Waals surface area contributed by atoms with Gasteiger partial charge in [-0.2, -0.15) is 0 Å². The number of anilines is 1. The van der Waals surface area contributed by atoms with Crippen LogP contribution in [0.5, 0.6) is 11.6 Å². The lowest BCUT2D eigenvalue weighted by Crippen LogP contribution is -2.24. The van der Waals surface area contributed by atoms with Crippen molar-refractivity contribution in [3.8, 4) is 17.3 Å². The molecule has 3 aromatic heterocycles. The van der Waals surface area contributed by atoms with E-state index in [0.717, 1.165) is 40.6 Å². The van der Waals surface area contributed by atoms with Gasteiger partial charge in [-0.05, 0) is 59.5 Å². The highest BCUT2D eigenvalue weighted by atomic mass is 16.5. The molecule has 8 aromatic rings. The van der Waals surface area contributed by atoms with Gasteiger partial charge in [-0.15, -0.1) is 0 Å². The second-order valence-electron chi connectivity index (χ2n) is 14.0. The zero-order valence-electron chi connectivity index (χ0n) is 28.1. The summed E-state index contributed by atoms with van der Waals surface area (Å²) >= 11 is 0. The molecule has 0 fully saturated rings. The van der Waals surface area contributed by atoms with Gasteiger partial charge in [0.05, 0.1) is 34.4 Å². The predicted molar refractivity (Wildman–Crippen MR) is 203 cm³/mol. The summed E-state index contributed by atoms with van der Waals surface area (Å²) in [6.45, 7) is 7.46. The minimum absolute atomic E-state index is 0.0870. The van der Waals surface area contributed by atoms with Gasteiger partial charge < -0.3 is 19.1 Å². The van der Waals surface area contributed by atoms with Crippen LogP contribution >= 0.6 is 0 Å². The number of fused-ring (bicyclic) bond motifs is 6. The lowest BCUT2D eigenvalue weighted by molar-refractivity contribution is 0.459. The van der Waals surface area contributed by atoms with Crippen molar-refractivity contribution >= 4 is 55.1 Å². The van der Waals surface area contributed by atoms with Crippen LogP contribution in [0.1, 0.15) is 26.3 Å². The minimum Gasteiger partial charge on any atom is -0.439 e. The molecule has 49 heavy (non-hydrogen) atoms. The molecule has 0 bridgehead atoms. The number of rotatable bonds is 5. The predicted octanol–water partition coefficient (Wildman–Crippen LogP) is 10.5. The third-order valence-electron chi connectivity index (χ3n) is 9.70. The smallest absolute Gasteiger partial charge is 0.219 e. The number of pyridine rings is 1. The Bertz CT molecular complexity index is 2520. The maximum absolute atomic E-state index is 6.35. The van der Waals surface area contributed by atoms with E-state index in [-0.39, 0.29) is 5.41 Å². The van der Waals surface area contributed by atoms with Crippen molar-refractivity contribution in [1.29, 1.82) is 0 Å². The Kier molecular flexibility index (Phi) is 6.56. The van der Waals surface area contributed by atoms with Crippen molar-refractivity contribution in [3.05, 3.63) is 145 Å². The normalized spacial score (nSPS) is 13.7. The summed E-state index contributed by atoms with van der Waals surface area (Å²) in [4.78, 5) is 9.11. The van der Waals surface area contributed by atoms with Crippen LogP contribution in [0.25, 0.3) is 55.1 Å². The fourth-order valence-corrected chi connectivity index (χ4v) is 7.28. The highest BCUT2D eigenvalue weighted by Gasteiger charge is 2.25. The molecular weight excluding hydrogens is 603 g/mol. The van der Waals surface area contributed by atoms with Crippen LogP contribution < -0.4 is 9.64 Å². The van der Waals surface area contributed by atoms with E-state index in [1.807, 2.05) is 18.2 Å². The van der Waals surface area contributed by atoms with Crippen molar-refractivity contribution in [2.75, 3.05) is 18.6 Å². The van der Waals surface area contributed by atoms with Gasteiger partial charge in [0, 0.05) is 58.8 Å². The summed E-state index contributed by atoms with van der Waals surface area (Å²) in [5, 5.41) is 4.96. The molecule has 0 aliphatic carbocycles. The molecule has 1 aliphatic heterocycles. The number of nitrogens with zero attached hydrogens (tertiary/aromatic N) is 5. The summed E-state index contributed by atoms with van der Waals surface area (Å²) < 4.78 is 11.1. The van der Waals surface area contributed by atoms with Crippen LogP contribution in [0.3, 0.4) is 0 Å². The molecular formula is C43H37N5O. The molecule has 4 heterocycles. The zero-order valence-corrected chi connectivity index (χ0v) is 28.1. The molecule has 6 heteroatoms. The molecule has 0 atom stereocenters. The quantitative estimate of drug-likeness (QED) is 0.188. The monoisotopic (exact) mass is 639 g/mol. The first-order chi connectivity index (χ1) is 23.8. The van der Waals surface area contributed by atoms with E-state index in [1.54, 1.807) is 6.20 Å². The van der Waals surface area contributed by atoms with E-state index < -0.39 is 0 Å². The molecule has 0 saturated heterocycles. The third kappa shape index (κ3) is 4.82. The molecule has 0 radical (unpaired) electrons. The molecule has 240 valence electrons. The standard InChI is InChI=1S/C43H37N5O/c1-43(2,3)29-23-31(25-32(24-29)49-41-19-11-12-22-44-41)47-37-16-8-5-15-35(37)36-21-20-30(26-40(36)47)46-27-42(45(4)28-46)48-38-17-9-6-13-33(38)34-14-7-10-18-39(34)48/h5-27H,28H2,1-4H3. The average molecular weight is 640 g/mol. The van der Waals surface area contributed by atoms with Crippen LogP contribution in [0.4, 0.5) is 5.69 Å². The van der Waals surface area contributed by atoms with Gasteiger partial charge in [-0.25, -0.2) is 4.98 Å². The SMILES string of the molecule is CN1CN(c2ccc3c4ccccc4n(-c4cc(Oc5ccccn5)cc(C(C)(C)C)c4)c3c2)C=C1n1c2ccccc2c2ccccc21. The van der Waals surface area contributed by atoms with Crippen molar-refractivity contribution in [1.82, 2.24) is 19.0 Å². The number of hydrogen-bond acceptors (Lipinski definition) is 4. The number of ether oxygens (including phenoxy) is 1. The van der Waals surface area contributed by atoms with Gasteiger partial charge in [-0.3, -0.25) is 4.57 Å². The number of para-hydroxylation sites is 3. The van der Waals surface area contributed by atoms with E-state index in [2.05, 4.69) is 167 Å². The van der Waals surface area contributed by atoms with E-state index in [1.165, 1.54) is 38.1 Å². The summed E-state index contributed by atoms with van der Waals surface area (Å²) in [7, 11) is 2.17. The molecule has 1 aliphatic rings. The van der Waals surface area contributed by atoms with Crippen LogP contribution in [-0.2, 0) is 5.41 Å². The van der Waals surface area contributed by atoms with E-state index >= 15 is 0 Å². The molecule has 5 aromatic carbocycles. The first-order valence-corrected chi connectivity index (χ1v) is 16.8. The Morgan fingerprint density at radius 1 is 0.592 bits per heavy atom. The minimum atomic E-state index is -0.0870. The van der Waals surface area contributed by atoms with Crippen LogP contribution in [0.2, 0.25) is 0 Å². The topological polar surface area (TPSA) is 38.5 Å². The lowest BCUT2D eigenvalue weighted by Gasteiger charge is -2.22. The van der Waals surface area contributed by atoms with E-state index in [9.17, 15) is 0 Å². The van der Waals surface area contributed by atoms with Gasteiger partial charge in [0.15, 0.2) is 0 Å². The molecule has 9 rings (SSSR count). The van der Waals surface area contributed by atoms with Gasteiger partial charge in [0.1, 0.15) is 11.6 Å². The first kappa shape index (κ1) is 29.2. The first-order valence-electron chi connectivity index (χ1n) is 16.8. The third-order valence-corrected chi connectivity index (χ3v) is 9.70. The fourth-order valence-electron chi connectivity index (χ4n) is 7.28. The van der Waals surface area contributed by atoms with Crippen LogP contribution in [0.15, 0.2) is 140 Å². The Morgan fingerprint density at radius 2 is 1.20 bits per heavy atom. The maximum Gasteiger partial charge on any atom is 0.219 e. The fraction of sp³-hybridized carbons (Fsp3) is 0.140. The van der Waals surface area contributed by atoms with E-state index in [0.29, 0.717) is 5.88 Å². The number of aromatic nitrogens is 3. The van der Waals surface area contributed by atoms with Crippen LogP contribution in [-0.4, -0.2) is 32.7 Å². The molecule has 0 amide bonds. The van der Waals surface area contributed by atoms with Crippen molar-refractivity contribution < 1.29 is 4.74 Å². The van der Waals surface area contributed by atoms with Crippen molar-refractivity contribution in [2.24, 2.45) is 0 Å². The second kappa shape index (κ2) is 11.0.